The number of carbonyl (C=O) groups excluding carboxylic acids is 2. The molecule has 6 nitrogen and oxygen atoms in total. The van der Waals surface area contributed by atoms with Crippen LogP contribution in [0.4, 0.5) is 0 Å². The van der Waals surface area contributed by atoms with Gasteiger partial charge in [-0.1, -0.05) is 38.1 Å². The van der Waals surface area contributed by atoms with E-state index in [-0.39, 0.29) is 98.5 Å². The Morgan fingerprint density at radius 2 is 1.84 bits per heavy atom. The van der Waals surface area contributed by atoms with E-state index in [1.165, 1.54) is 11.1 Å². The van der Waals surface area contributed by atoms with Crippen LogP contribution in [0.2, 0.25) is 0 Å². The Kier molecular flexibility index (Phi) is 21.3. The van der Waals surface area contributed by atoms with Crippen molar-refractivity contribution >= 4 is 36.4 Å². The van der Waals surface area contributed by atoms with Crippen LogP contribution in [0.25, 0.3) is 5.70 Å². The molecule has 9 heteroatoms. The molecule has 2 N–H and O–H groups in total. The van der Waals surface area contributed by atoms with E-state index in [0.29, 0.717) is 13.0 Å². The van der Waals surface area contributed by atoms with Gasteiger partial charge in [0.2, 0.25) is 5.91 Å². The van der Waals surface area contributed by atoms with E-state index in [1.54, 1.807) is 6.08 Å². The van der Waals surface area contributed by atoms with Gasteiger partial charge in [-0.05, 0) is 30.0 Å². The summed E-state index contributed by atoms with van der Waals surface area (Å²) >= 11 is 4.49. The monoisotopic (exact) mass is 687 g/mol. The van der Waals surface area contributed by atoms with Crippen LogP contribution >= 0.6 is 12.6 Å². The van der Waals surface area contributed by atoms with Crippen molar-refractivity contribution in [3.8, 4) is 0 Å². The van der Waals surface area contributed by atoms with Crippen molar-refractivity contribution in [2.75, 3.05) is 20.6 Å². The van der Waals surface area contributed by atoms with Gasteiger partial charge in [0.05, 0.1) is 11.3 Å². The maximum atomic E-state index is 12.5. The molecule has 0 spiro atoms. The fourth-order valence-electron chi connectivity index (χ4n) is 3.07. The second-order valence-electron chi connectivity index (χ2n) is 6.39. The summed E-state index contributed by atoms with van der Waals surface area (Å²) in [6.45, 7) is 7.98. The normalized spacial score (nSPS) is 15.6. The van der Waals surface area contributed by atoms with E-state index in [1.807, 2.05) is 57.1 Å². The molecule has 1 aliphatic heterocycles. The predicted molar refractivity (Wildman–Crippen MR) is 125 cm³/mol. The van der Waals surface area contributed by atoms with Crippen LogP contribution in [0.1, 0.15) is 43.2 Å². The molecular weight excluding hydrogens is 654 g/mol. The molecule has 0 aliphatic carbocycles. The number of allylic oxidation sites excluding steroid dienone is 1. The van der Waals surface area contributed by atoms with Gasteiger partial charge in [-0.3, -0.25) is 4.79 Å². The minimum atomic E-state index is -0.468. The first-order valence-electron chi connectivity index (χ1n) is 9.44. The quantitative estimate of drug-likeness (QED) is 0.178. The van der Waals surface area contributed by atoms with Crippen LogP contribution in [0, 0.1) is 19.8 Å². The molecule has 2 amide bonds. The second-order valence-corrected chi connectivity index (χ2v) is 6.91. The number of nitrogens with one attached hydrogen (secondary N) is 2. The molecule has 1 aromatic rings. The smallest absolute Gasteiger partial charge is 0.377 e. The average Bonchev–Trinajstić information content (AvgIpc) is 3.18. The summed E-state index contributed by atoms with van der Waals surface area (Å²) in [5, 5.41) is 9.67. The summed E-state index contributed by atoms with van der Waals surface area (Å²) in [5.41, 5.74) is 2.74. The zero-order valence-electron chi connectivity index (χ0n) is 19.5. The van der Waals surface area contributed by atoms with Crippen LogP contribution in [0.15, 0.2) is 30.3 Å². The van der Waals surface area contributed by atoms with Crippen LogP contribution in [-0.2, 0) is 30.7 Å². The van der Waals surface area contributed by atoms with Crippen LogP contribution in [0.5, 0.6) is 0 Å². The minimum absolute atomic E-state index is 0. The van der Waals surface area contributed by atoms with E-state index >= 15 is 0 Å². The van der Waals surface area contributed by atoms with E-state index in [0.717, 1.165) is 23.2 Å². The fraction of sp³-hybridized carbons (Fsp3) is 0.409. The van der Waals surface area contributed by atoms with Gasteiger partial charge in [-0.25, -0.2) is 0 Å². The van der Waals surface area contributed by atoms with Crippen molar-refractivity contribution < 1.29 is 88.8 Å². The molecule has 0 saturated carbocycles. The van der Waals surface area contributed by atoms with Gasteiger partial charge in [-0.15, -0.1) is 12.6 Å². The van der Waals surface area contributed by atoms with Gasteiger partial charge in [-0.2, -0.15) is 0 Å². The first kappa shape index (κ1) is 35.7. The van der Waals surface area contributed by atoms with Crippen LogP contribution < -0.4 is 63.5 Å². The number of amides is 2. The fourth-order valence-corrected chi connectivity index (χ4v) is 3.37. The van der Waals surface area contributed by atoms with Crippen molar-refractivity contribution in [3.63, 3.8) is 0 Å². The van der Waals surface area contributed by atoms with Gasteiger partial charge >= 0.3 is 58.2 Å². The van der Waals surface area contributed by atoms with Crippen LogP contribution in [-0.4, -0.2) is 54.5 Å². The molecular formula is C22H34N4O2RbSW-. The first-order valence-corrected chi connectivity index (χ1v) is 9.96. The number of likely N-dealkylation sites (tertiary alicyclic amines) is 1. The molecule has 1 heterocycles. The Labute approximate surface area is 257 Å². The van der Waals surface area contributed by atoms with Gasteiger partial charge in [0.15, 0.2) is 0 Å². The van der Waals surface area contributed by atoms with Crippen LogP contribution in [0.3, 0.4) is 0 Å². The molecule has 1 aromatic carbocycles. The summed E-state index contributed by atoms with van der Waals surface area (Å²) in [6.07, 6.45) is 4.42. The third-order valence-corrected chi connectivity index (χ3v) is 4.83. The minimum Gasteiger partial charge on any atom is -0.377 e. The maximum Gasteiger partial charge on any atom is 1.00 e. The molecule has 1 aliphatic rings. The first-order chi connectivity index (χ1) is 13.3. The number of hydrogen-bond acceptors (Lipinski definition) is 5. The van der Waals surface area contributed by atoms with E-state index in [2.05, 4.69) is 24.9 Å². The third kappa shape index (κ3) is 10.7. The van der Waals surface area contributed by atoms with Gasteiger partial charge in [0.25, 0.3) is 0 Å². The molecule has 31 heavy (non-hydrogen) atoms. The largest absolute Gasteiger partial charge is 1.00 e. The Morgan fingerprint density at radius 3 is 2.29 bits per heavy atom. The molecule has 2 atom stereocenters. The number of carbonyl (C=O) groups is 2. The van der Waals surface area contributed by atoms with Crippen molar-refractivity contribution in [1.29, 1.82) is 5.41 Å². The summed E-state index contributed by atoms with van der Waals surface area (Å²) in [4.78, 5) is 27.4. The van der Waals surface area contributed by atoms with E-state index in [4.69, 9.17) is 5.41 Å². The van der Waals surface area contributed by atoms with E-state index in [9.17, 15) is 9.59 Å². The number of nitrogens with zero attached hydrogens (tertiary/aromatic N) is 2. The standard InChI is InChI=1S/C19H25N4O2S.C2H6.CH3.Rb.W/c1-13(24)23-12-4-5-17(23)18(25)21-19(26)15-8-6-14(7-9-15)16(10-11-20)22(2)3;1-2;;;/h6-11,17,19-20,26H,1,4-5,12H2,2-3H3,(H,21,25);1-2H3;1H3;;/q-1;;-1;+1;/b16-10-,20-11?;;;;. The van der Waals surface area contributed by atoms with Crippen molar-refractivity contribution in [2.45, 2.75) is 38.1 Å². The predicted octanol–water partition coefficient (Wildman–Crippen LogP) is 0.586. The molecule has 0 bridgehead atoms. The molecule has 0 aromatic heterocycles. The number of benzene rings is 1. The topological polar surface area (TPSA) is 76.5 Å². The van der Waals surface area contributed by atoms with Crippen molar-refractivity contribution in [2.24, 2.45) is 0 Å². The summed E-state index contributed by atoms with van der Waals surface area (Å²) in [5.74, 6) is -0.529. The molecule has 2 unspecified atom stereocenters. The summed E-state index contributed by atoms with van der Waals surface area (Å²) in [6, 6.07) is 7.19. The second kappa shape index (κ2) is 18.5. The van der Waals surface area contributed by atoms with Gasteiger partial charge in [0.1, 0.15) is 6.04 Å². The van der Waals surface area contributed by atoms with E-state index < -0.39 is 11.4 Å². The third-order valence-electron chi connectivity index (χ3n) is 4.40. The summed E-state index contributed by atoms with van der Waals surface area (Å²) < 4.78 is 0. The molecule has 1 saturated heterocycles. The molecule has 2 rings (SSSR count). The Bertz CT molecular complexity index is 714. The van der Waals surface area contributed by atoms with Crippen molar-refractivity contribution in [1.82, 2.24) is 15.1 Å². The Balaban J connectivity index is -0.00000152. The zero-order valence-corrected chi connectivity index (χ0v) is 28.3. The van der Waals surface area contributed by atoms with Gasteiger partial charge in [0, 0.05) is 53.6 Å². The summed E-state index contributed by atoms with van der Waals surface area (Å²) in [7, 11) is 3.84. The number of thiol groups is 1. The SMILES string of the molecule is CC.[CH2-]C(=O)N1CCCC1C(=O)NC(S)c1ccc(/C(=C/C=N)N(C)C)cc1.[CH3-].[Rb+].[W]. The maximum absolute atomic E-state index is 12.5. The molecule has 1 fully saturated rings. The average molecular weight is 688 g/mol. The number of hydrogen-bond donors (Lipinski definition) is 3. The Morgan fingerprint density at radius 1 is 1.29 bits per heavy atom. The zero-order chi connectivity index (χ0) is 21.3. The Hall–Kier alpha value is 0.0835. The molecule has 168 valence electrons. The molecule has 0 radical (unpaired) electrons. The van der Waals surface area contributed by atoms with Gasteiger partial charge < -0.3 is 39.7 Å². The number of rotatable bonds is 6. The van der Waals surface area contributed by atoms with Crippen molar-refractivity contribution in [3.05, 3.63) is 55.8 Å².